The first kappa shape index (κ1) is 20.1. The lowest BCUT2D eigenvalue weighted by atomic mass is 10.0. The number of benzene rings is 1. The summed E-state index contributed by atoms with van der Waals surface area (Å²) < 4.78 is 68.8. The molecule has 0 N–H and O–H groups in total. The van der Waals surface area contributed by atoms with Crippen LogP contribution in [0, 0.1) is 0 Å². The second kappa shape index (κ2) is 7.98. The van der Waals surface area contributed by atoms with Crippen LogP contribution in [0.15, 0.2) is 42.2 Å². The Kier molecular flexibility index (Phi) is 6.17. The molecule has 0 fully saturated rings. The Hall–Kier alpha value is -2.23. The van der Waals surface area contributed by atoms with Gasteiger partial charge in [-0.2, -0.15) is 21.6 Å². The second-order valence-electron chi connectivity index (χ2n) is 5.61. The monoisotopic (exact) mass is 393 g/mol. The van der Waals surface area contributed by atoms with Crippen molar-refractivity contribution in [3.05, 3.63) is 47.7 Å². The molecule has 2 rings (SSSR count). The molecule has 144 valence electrons. The standard InChI is InChI=1S/C16H18F3NO5S/c1-2-13-10-14(25-26(22,23)16(17,18)19)8-9-20(13)15(21)24-11-12-6-4-3-5-7-12/h3-8,13H,2,9-11H2,1H3/t13-/m1/s1. The Morgan fingerprint density at radius 2 is 1.92 bits per heavy atom. The van der Waals surface area contributed by atoms with Gasteiger partial charge in [-0.15, -0.1) is 0 Å². The molecule has 1 atom stereocenters. The first-order valence-corrected chi connectivity index (χ1v) is 9.22. The van der Waals surface area contributed by atoms with Gasteiger partial charge in [0.1, 0.15) is 12.4 Å². The van der Waals surface area contributed by atoms with Crippen molar-refractivity contribution < 1.29 is 35.3 Å². The van der Waals surface area contributed by atoms with E-state index in [9.17, 15) is 26.4 Å². The summed E-state index contributed by atoms with van der Waals surface area (Å²) in [6.45, 7) is 1.68. The van der Waals surface area contributed by atoms with Gasteiger partial charge in [0.15, 0.2) is 0 Å². The lowest BCUT2D eigenvalue weighted by Crippen LogP contribution is -2.43. The smallest absolute Gasteiger partial charge is 0.445 e. The van der Waals surface area contributed by atoms with Crippen molar-refractivity contribution >= 4 is 16.2 Å². The maximum absolute atomic E-state index is 12.4. The third-order valence-corrected chi connectivity index (χ3v) is 4.80. The van der Waals surface area contributed by atoms with Crippen LogP contribution in [0.3, 0.4) is 0 Å². The van der Waals surface area contributed by atoms with Gasteiger partial charge in [-0.1, -0.05) is 37.3 Å². The number of hydrogen-bond acceptors (Lipinski definition) is 5. The van der Waals surface area contributed by atoms with Crippen molar-refractivity contribution in [2.45, 2.75) is 37.9 Å². The van der Waals surface area contributed by atoms with E-state index in [2.05, 4.69) is 4.18 Å². The highest BCUT2D eigenvalue weighted by Gasteiger charge is 2.49. The summed E-state index contributed by atoms with van der Waals surface area (Å²) in [6.07, 6.45) is 0.758. The summed E-state index contributed by atoms with van der Waals surface area (Å²) in [5.41, 5.74) is -4.71. The first-order chi connectivity index (χ1) is 12.1. The Morgan fingerprint density at radius 3 is 2.50 bits per heavy atom. The Morgan fingerprint density at radius 1 is 1.27 bits per heavy atom. The van der Waals surface area contributed by atoms with E-state index in [4.69, 9.17) is 4.74 Å². The largest absolute Gasteiger partial charge is 0.534 e. The summed E-state index contributed by atoms with van der Waals surface area (Å²) in [6, 6.07) is 8.47. The van der Waals surface area contributed by atoms with E-state index in [1.807, 2.05) is 6.07 Å². The van der Waals surface area contributed by atoms with E-state index < -0.39 is 27.8 Å². The molecular formula is C16H18F3NO5S. The normalized spacial score (nSPS) is 18.2. The molecule has 1 heterocycles. The van der Waals surface area contributed by atoms with Crippen LogP contribution in [0.1, 0.15) is 25.3 Å². The van der Waals surface area contributed by atoms with Gasteiger partial charge in [-0.3, -0.25) is 0 Å². The number of hydrogen-bond donors (Lipinski definition) is 0. The lowest BCUT2D eigenvalue weighted by molar-refractivity contribution is -0.0527. The second-order valence-corrected chi connectivity index (χ2v) is 7.15. The molecule has 0 saturated carbocycles. The summed E-state index contributed by atoms with van der Waals surface area (Å²) in [5, 5.41) is 0. The number of ether oxygens (including phenoxy) is 1. The van der Waals surface area contributed by atoms with Crippen LogP contribution in [0.25, 0.3) is 0 Å². The Bertz CT molecular complexity index is 762. The van der Waals surface area contributed by atoms with Gasteiger partial charge in [0.25, 0.3) is 0 Å². The number of alkyl halides is 3. The van der Waals surface area contributed by atoms with E-state index in [1.165, 1.54) is 4.90 Å². The molecule has 0 aromatic heterocycles. The van der Waals surface area contributed by atoms with Crippen molar-refractivity contribution in [3.8, 4) is 0 Å². The van der Waals surface area contributed by atoms with E-state index in [1.54, 1.807) is 31.2 Å². The average molecular weight is 393 g/mol. The number of carbonyl (C=O) groups is 1. The van der Waals surface area contributed by atoms with Crippen molar-refractivity contribution in [2.75, 3.05) is 6.54 Å². The maximum Gasteiger partial charge on any atom is 0.534 e. The molecule has 1 aliphatic rings. The fourth-order valence-electron chi connectivity index (χ4n) is 2.42. The molecule has 0 saturated heterocycles. The van der Waals surface area contributed by atoms with E-state index in [-0.39, 0.29) is 25.3 Å². The molecular weight excluding hydrogens is 375 g/mol. The summed E-state index contributed by atoms with van der Waals surface area (Å²) >= 11 is 0. The minimum atomic E-state index is -5.72. The summed E-state index contributed by atoms with van der Waals surface area (Å²) in [5.74, 6) is -0.332. The highest BCUT2D eigenvalue weighted by molar-refractivity contribution is 7.87. The zero-order valence-electron chi connectivity index (χ0n) is 13.9. The SMILES string of the molecule is CC[C@@H]1CC(OS(=O)(=O)C(F)(F)F)=CCN1C(=O)OCc1ccccc1. The number of halogens is 3. The fourth-order valence-corrected chi connectivity index (χ4v) is 2.93. The van der Waals surface area contributed by atoms with Crippen LogP contribution < -0.4 is 0 Å². The van der Waals surface area contributed by atoms with Gasteiger partial charge in [-0.05, 0) is 18.1 Å². The average Bonchev–Trinajstić information content (AvgIpc) is 2.59. The van der Waals surface area contributed by atoms with Crippen molar-refractivity contribution in [1.82, 2.24) is 4.90 Å². The zero-order valence-corrected chi connectivity index (χ0v) is 14.7. The van der Waals surface area contributed by atoms with Gasteiger partial charge in [0.2, 0.25) is 0 Å². The Balaban J connectivity index is 2.01. The van der Waals surface area contributed by atoms with Crippen molar-refractivity contribution in [3.63, 3.8) is 0 Å². The number of amides is 1. The van der Waals surface area contributed by atoms with Crippen LogP contribution in [0.2, 0.25) is 0 Å². The van der Waals surface area contributed by atoms with E-state index in [0.29, 0.717) is 6.42 Å². The third-order valence-electron chi connectivity index (χ3n) is 3.80. The molecule has 10 heteroatoms. The Labute approximate surface area is 149 Å². The van der Waals surface area contributed by atoms with Gasteiger partial charge in [0, 0.05) is 19.0 Å². The molecule has 0 aliphatic carbocycles. The van der Waals surface area contributed by atoms with Gasteiger partial charge < -0.3 is 13.8 Å². The molecule has 1 aromatic rings. The molecule has 1 aromatic carbocycles. The molecule has 1 amide bonds. The fraction of sp³-hybridized carbons (Fsp3) is 0.438. The predicted octanol–water partition coefficient (Wildman–Crippen LogP) is 3.56. The van der Waals surface area contributed by atoms with E-state index in [0.717, 1.165) is 11.6 Å². The number of carbonyl (C=O) groups excluding carboxylic acids is 1. The highest BCUT2D eigenvalue weighted by Crippen LogP contribution is 2.30. The van der Waals surface area contributed by atoms with Crippen LogP contribution in [-0.2, 0) is 25.6 Å². The molecule has 26 heavy (non-hydrogen) atoms. The molecule has 0 spiro atoms. The van der Waals surface area contributed by atoms with Crippen molar-refractivity contribution in [1.29, 1.82) is 0 Å². The van der Waals surface area contributed by atoms with Crippen molar-refractivity contribution in [2.24, 2.45) is 0 Å². The highest BCUT2D eigenvalue weighted by atomic mass is 32.2. The quantitative estimate of drug-likeness (QED) is 0.565. The maximum atomic E-state index is 12.4. The topological polar surface area (TPSA) is 72.9 Å². The first-order valence-electron chi connectivity index (χ1n) is 7.81. The minimum Gasteiger partial charge on any atom is -0.445 e. The molecule has 0 radical (unpaired) electrons. The molecule has 6 nitrogen and oxygen atoms in total. The minimum absolute atomic E-state index is 0.0577. The molecule has 0 unspecified atom stereocenters. The van der Waals surface area contributed by atoms with Gasteiger partial charge in [-0.25, -0.2) is 4.79 Å². The van der Waals surface area contributed by atoms with Crippen LogP contribution in [-0.4, -0.2) is 37.5 Å². The predicted molar refractivity (Wildman–Crippen MR) is 86.2 cm³/mol. The molecule has 0 bridgehead atoms. The lowest BCUT2D eigenvalue weighted by Gasteiger charge is -2.33. The number of nitrogens with zero attached hydrogens (tertiary/aromatic N) is 1. The van der Waals surface area contributed by atoms with Crippen LogP contribution in [0.5, 0.6) is 0 Å². The van der Waals surface area contributed by atoms with Gasteiger partial charge >= 0.3 is 21.7 Å². The zero-order chi connectivity index (χ0) is 19.4. The number of rotatable bonds is 5. The van der Waals surface area contributed by atoms with Crippen LogP contribution >= 0.6 is 0 Å². The third kappa shape index (κ3) is 4.90. The van der Waals surface area contributed by atoms with Gasteiger partial charge in [0.05, 0.1) is 0 Å². The van der Waals surface area contributed by atoms with E-state index >= 15 is 0 Å². The summed E-state index contributed by atoms with van der Waals surface area (Å²) in [7, 11) is -5.72. The summed E-state index contributed by atoms with van der Waals surface area (Å²) in [4.78, 5) is 13.6. The molecule has 1 aliphatic heterocycles. The van der Waals surface area contributed by atoms with Crippen LogP contribution in [0.4, 0.5) is 18.0 Å².